The summed E-state index contributed by atoms with van der Waals surface area (Å²) in [5.41, 5.74) is 2.50. The fourth-order valence-corrected chi connectivity index (χ4v) is 2.04. The molecule has 114 valence electrons. The molecule has 22 heavy (non-hydrogen) atoms. The van der Waals surface area contributed by atoms with Gasteiger partial charge in [-0.25, -0.2) is 4.99 Å². The van der Waals surface area contributed by atoms with Crippen LogP contribution in [-0.2, 0) is 4.79 Å². The maximum absolute atomic E-state index is 11.1. The molecule has 0 aliphatic heterocycles. The summed E-state index contributed by atoms with van der Waals surface area (Å²) < 4.78 is 0. The van der Waals surface area contributed by atoms with Gasteiger partial charge in [-0.2, -0.15) is 9.97 Å². The number of hydrogen-bond donors (Lipinski definition) is 2. The molecular weight excluding hydrogens is 302 g/mol. The average Bonchev–Trinajstić information content (AvgIpc) is 2.45. The number of aromatic nitrogens is 2. The van der Waals surface area contributed by atoms with Crippen molar-refractivity contribution in [3.8, 4) is 0 Å². The molecule has 0 unspecified atom stereocenters. The number of aryl methyl sites for hydroxylation is 1. The molecule has 2 aromatic rings. The Bertz CT molecular complexity index is 730. The van der Waals surface area contributed by atoms with Crippen molar-refractivity contribution in [2.24, 2.45) is 4.99 Å². The van der Waals surface area contributed by atoms with Crippen LogP contribution < -0.4 is 10.6 Å². The van der Waals surface area contributed by atoms with Crippen LogP contribution >= 0.6 is 11.6 Å². The lowest BCUT2D eigenvalue weighted by Crippen LogP contribution is -2.10. The molecule has 0 aliphatic rings. The first kappa shape index (κ1) is 15.9. The van der Waals surface area contributed by atoms with Gasteiger partial charge in [-0.1, -0.05) is 41.4 Å². The van der Waals surface area contributed by atoms with Crippen LogP contribution in [0.3, 0.4) is 0 Å². The molecule has 1 aromatic heterocycles. The molecule has 1 heterocycles. The first-order valence-electron chi connectivity index (χ1n) is 6.63. The number of carbonyl (C=O) groups is 1. The predicted molar refractivity (Wildman–Crippen MR) is 89.3 cm³/mol. The zero-order chi connectivity index (χ0) is 16.1. The Morgan fingerprint density at radius 3 is 2.77 bits per heavy atom. The monoisotopic (exact) mass is 317 g/mol. The highest BCUT2D eigenvalue weighted by molar-refractivity contribution is 6.32. The van der Waals surface area contributed by atoms with E-state index in [9.17, 15) is 4.79 Å². The Morgan fingerprint density at radius 2 is 2.14 bits per heavy atom. The summed E-state index contributed by atoms with van der Waals surface area (Å²) in [4.78, 5) is 23.6. The summed E-state index contributed by atoms with van der Waals surface area (Å²) in [5.74, 6) is 0.304. The predicted octanol–water partition coefficient (Wildman–Crippen LogP) is 3.19. The maximum atomic E-state index is 11.1. The molecule has 2 rings (SSSR count). The lowest BCUT2D eigenvalue weighted by Gasteiger charge is -2.08. The number of nitrogens with zero attached hydrogens (tertiary/aromatic N) is 3. The Kier molecular flexibility index (Phi) is 5.06. The van der Waals surface area contributed by atoms with E-state index in [2.05, 4.69) is 25.6 Å². The minimum absolute atomic E-state index is 0.136. The van der Waals surface area contributed by atoms with E-state index in [-0.39, 0.29) is 17.0 Å². The molecule has 6 nitrogen and oxygen atoms in total. The van der Waals surface area contributed by atoms with E-state index in [0.717, 1.165) is 11.1 Å². The fourth-order valence-electron chi connectivity index (χ4n) is 1.82. The number of halogens is 1. The number of anilines is 2. The highest BCUT2D eigenvalue weighted by Crippen LogP contribution is 2.31. The molecule has 0 aliphatic carbocycles. The standard InChI is InChI=1S/C15H16ClN5O/c1-9-5-4-6-11(7-9)8-18-12-13(16)20-15(19-10(2)22)21-14(12)17-3/h4-8H,1-3H3,(H2,17,19,20,21,22). The molecule has 7 heteroatoms. The molecule has 1 aromatic carbocycles. The van der Waals surface area contributed by atoms with Crippen molar-refractivity contribution in [2.45, 2.75) is 13.8 Å². The van der Waals surface area contributed by atoms with Gasteiger partial charge >= 0.3 is 0 Å². The first-order chi connectivity index (χ1) is 10.5. The number of hydrogen-bond acceptors (Lipinski definition) is 5. The molecule has 0 radical (unpaired) electrons. The minimum atomic E-state index is -0.269. The molecular formula is C15H16ClN5O. The van der Waals surface area contributed by atoms with Crippen molar-refractivity contribution >= 4 is 41.2 Å². The number of aliphatic imine (C=N–C) groups is 1. The third-order valence-corrected chi connectivity index (χ3v) is 3.01. The minimum Gasteiger partial charge on any atom is -0.371 e. The van der Waals surface area contributed by atoms with E-state index in [4.69, 9.17) is 11.6 Å². The smallest absolute Gasteiger partial charge is 0.232 e. The summed E-state index contributed by atoms with van der Waals surface area (Å²) in [6, 6.07) is 7.90. The molecule has 0 atom stereocenters. The Morgan fingerprint density at radius 1 is 1.36 bits per heavy atom. The summed E-state index contributed by atoms with van der Waals surface area (Å²) >= 11 is 6.14. The summed E-state index contributed by atoms with van der Waals surface area (Å²) in [5, 5.41) is 5.55. The van der Waals surface area contributed by atoms with E-state index < -0.39 is 0 Å². The van der Waals surface area contributed by atoms with E-state index >= 15 is 0 Å². The molecule has 2 N–H and O–H groups in total. The number of carbonyl (C=O) groups excluding carboxylic acids is 1. The third-order valence-electron chi connectivity index (χ3n) is 2.75. The van der Waals surface area contributed by atoms with Crippen molar-refractivity contribution in [1.82, 2.24) is 9.97 Å². The second kappa shape index (κ2) is 7.00. The molecule has 0 spiro atoms. The van der Waals surface area contributed by atoms with Gasteiger partial charge < -0.3 is 5.32 Å². The number of amides is 1. The largest absolute Gasteiger partial charge is 0.371 e. The van der Waals surface area contributed by atoms with Crippen molar-refractivity contribution in [3.63, 3.8) is 0 Å². The molecule has 0 saturated carbocycles. The number of benzene rings is 1. The summed E-state index contributed by atoms with van der Waals surface area (Å²) in [7, 11) is 1.70. The van der Waals surface area contributed by atoms with Gasteiger partial charge in [-0.05, 0) is 12.5 Å². The van der Waals surface area contributed by atoms with E-state index in [0.29, 0.717) is 11.5 Å². The van der Waals surface area contributed by atoms with Crippen LogP contribution in [0.15, 0.2) is 29.3 Å². The zero-order valence-electron chi connectivity index (χ0n) is 12.5. The quantitative estimate of drug-likeness (QED) is 0.670. The third kappa shape index (κ3) is 4.02. The number of rotatable bonds is 4. The molecule has 0 fully saturated rings. The average molecular weight is 318 g/mol. The van der Waals surface area contributed by atoms with Crippen LogP contribution in [-0.4, -0.2) is 29.1 Å². The molecule has 0 saturated heterocycles. The Hall–Kier alpha value is -2.47. The highest BCUT2D eigenvalue weighted by atomic mass is 35.5. The normalized spacial score (nSPS) is 10.7. The van der Waals surface area contributed by atoms with Gasteiger partial charge in [-0.3, -0.25) is 10.1 Å². The molecule has 1 amide bonds. The van der Waals surface area contributed by atoms with Crippen LogP contribution in [0.4, 0.5) is 17.5 Å². The highest BCUT2D eigenvalue weighted by Gasteiger charge is 2.12. The van der Waals surface area contributed by atoms with Gasteiger partial charge in [-0.15, -0.1) is 0 Å². The van der Waals surface area contributed by atoms with Crippen LogP contribution in [0.25, 0.3) is 0 Å². The summed E-state index contributed by atoms with van der Waals surface area (Å²) in [6.07, 6.45) is 1.69. The lowest BCUT2D eigenvalue weighted by atomic mass is 10.1. The van der Waals surface area contributed by atoms with Gasteiger partial charge in [0.15, 0.2) is 11.0 Å². The fraction of sp³-hybridized carbons (Fsp3) is 0.200. The van der Waals surface area contributed by atoms with Crippen molar-refractivity contribution in [2.75, 3.05) is 17.7 Å². The van der Waals surface area contributed by atoms with Crippen LogP contribution in [0.2, 0.25) is 5.15 Å². The van der Waals surface area contributed by atoms with Gasteiger partial charge in [0.2, 0.25) is 11.9 Å². The van der Waals surface area contributed by atoms with Gasteiger partial charge in [0, 0.05) is 20.2 Å². The van der Waals surface area contributed by atoms with E-state index in [1.54, 1.807) is 13.3 Å². The van der Waals surface area contributed by atoms with Crippen LogP contribution in [0, 0.1) is 6.92 Å². The van der Waals surface area contributed by atoms with Crippen LogP contribution in [0.1, 0.15) is 18.1 Å². The number of nitrogens with one attached hydrogen (secondary N) is 2. The van der Waals surface area contributed by atoms with Gasteiger partial charge in [0.05, 0.1) is 0 Å². The van der Waals surface area contributed by atoms with Gasteiger partial charge in [0.1, 0.15) is 5.69 Å². The van der Waals surface area contributed by atoms with E-state index in [1.165, 1.54) is 6.92 Å². The lowest BCUT2D eigenvalue weighted by molar-refractivity contribution is -0.114. The zero-order valence-corrected chi connectivity index (χ0v) is 13.3. The first-order valence-corrected chi connectivity index (χ1v) is 7.01. The van der Waals surface area contributed by atoms with Crippen molar-refractivity contribution in [1.29, 1.82) is 0 Å². The Balaban J connectivity index is 2.36. The van der Waals surface area contributed by atoms with Crippen molar-refractivity contribution in [3.05, 3.63) is 40.5 Å². The Labute approximate surface area is 133 Å². The van der Waals surface area contributed by atoms with Gasteiger partial charge in [0.25, 0.3) is 0 Å². The SMILES string of the molecule is CNc1nc(NC(C)=O)nc(Cl)c1N=Cc1cccc(C)c1. The topological polar surface area (TPSA) is 79.3 Å². The van der Waals surface area contributed by atoms with Crippen molar-refractivity contribution < 1.29 is 4.79 Å². The molecule has 0 bridgehead atoms. The van der Waals surface area contributed by atoms with Crippen LogP contribution in [0.5, 0.6) is 0 Å². The van der Waals surface area contributed by atoms with E-state index in [1.807, 2.05) is 31.2 Å². The second-order valence-electron chi connectivity index (χ2n) is 4.64. The summed E-state index contributed by atoms with van der Waals surface area (Å²) in [6.45, 7) is 3.38. The maximum Gasteiger partial charge on any atom is 0.232 e. The second-order valence-corrected chi connectivity index (χ2v) is 5.00.